The highest BCUT2D eigenvalue weighted by molar-refractivity contribution is 6.00. The summed E-state index contributed by atoms with van der Waals surface area (Å²) in [6.45, 7) is 0.356. The Morgan fingerprint density at radius 2 is 1.74 bits per heavy atom. The highest BCUT2D eigenvalue weighted by Crippen LogP contribution is 2.36. The van der Waals surface area contributed by atoms with Crippen molar-refractivity contribution >= 4 is 5.78 Å². The van der Waals surface area contributed by atoms with Crippen molar-refractivity contribution in [3.8, 4) is 11.5 Å². The van der Waals surface area contributed by atoms with E-state index in [1.165, 1.54) is 0 Å². The van der Waals surface area contributed by atoms with Crippen molar-refractivity contribution in [1.82, 2.24) is 0 Å². The van der Waals surface area contributed by atoms with Gasteiger partial charge in [-0.15, -0.1) is 0 Å². The van der Waals surface area contributed by atoms with Crippen molar-refractivity contribution in [2.24, 2.45) is 0 Å². The minimum Gasteiger partial charge on any atom is -0.504 e. The number of rotatable bonds is 6. The average Bonchev–Trinajstić information content (AvgIpc) is 2.40. The number of benzene rings is 1. The first kappa shape index (κ1) is 15.3. The maximum atomic E-state index is 14.0. The third-order valence-electron chi connectivity index (χ3n) is 2.85. The van der Waals surface area contributed by atoms with Gasteiger partial charge in [0.15, 0.2) is 18.2 Å². The molecule has 0 saturated heterocycles. The van der Waals surface area contributed by atoms with Crippen molar-refractivity contribution in [2.75, 3.05) is 6.67 Å². The molecule has 0 heterocycles. The maximum Gasteiger partial charge on any atom is 0.207 e. The summed E-state index contributed by atoms with van der Waals surface area (Å²) in [6, 6.07) is 0. The van der Waals surface area contributed by atoms with Crippen LogP contribution in [0.4, 0.5) is 13.2 Å². The van der Waals surface area contributed by atoms with Crippen LogP contribution in [0.25, 0.3) is 0 Å². The number of phenols is 2. The summed E-state index contributed by atoms with van der Waals surface area (Å²) in [4.78, 5) is 11.2. The van der Waals surface area contributed by atoms with Crippen LogP contribution in [0.15, 0.2) is 0 Å². The van der Waals surface area contributed by atoms with Gasteiger partial charge in [0, 0.05) is 5.56 Å². The Morgan fingerprint density at radius 3 is 2.26 bits per heavy atom. The van der Waals surface area contributed by atoms with Crippen LogP contribution in [0.3, 0.4) is 0 Å². The highest BCUT2D eigenvalue weighted by Gasteiger charge is 2.27. The van der Waals surface area contributed by atoms with Crippen molar-refractivity contribution in [3.63, 3.8) is 0 Å². The van der Waals surface area contributed by atoms with Crippen LogP contribution < -0.4 is 0 Å². The molecule has 106 valence electrons. The van der Waals surface area contributed by atoms with Crippen LogP contribution >= 0.6 is 0 Å². The molecule has 0 atom stereocenters. The Bertz CT molecular complexity index is 487. The lowest BCUT2D eigenvalue weighted by Gasteiger charge is -2.12. The first-order valence-electron chi connectivity index (χ1n) is 5.96. The number of Topliss-reactive ketones (excluding diaryl/α,β-unsaturated/α-hetero) is 1. The summed E-state index contributed by atoms with van der Waals surface area (Å²) in [5.74, 6) is -6.48. The van der Waals surface area contributed by atoms with Gasteiger partial charge >= 0.3 is 0 Å². The van der Waals surface area contributed by atoms with E-state index in [-0.39, 0.29) is 6.42 Å². The number of hydrogen-bond acceptors (Lipinski definition) is 3. The average molecular weight is 276 g/mol. The van der Waals surface area contributed by atoms with Crippen molar-refractivity contribution in [3.05, 3.63) is 22.8 Å². The summed E-state index contributed by atoms with van der Waals surface area (Å²) in [7, 11) is 0. The fraction of sp³-hybridized carbons (Fsp3) is 0.462. The number of alkyl halides is 1. The number of phenolic OH excluding ortho intramolecular Hbond substituents is 2. The quantitative estimate of drug-likeness (QED) is 0.619. The normalized spacial score (nSPS) is 10.7. The topological polar surface area (TPSA) is 57.5 Å². The van der Waals surface area contributed by atoms with Crippen LogP contribution in [0.2, 0.25) is 0 Å². The number of carbonyl (C=O) groups excluding carboxylic acids is 1. The SMILES string of the molecule is CCCCCc1c(O)c(F)c(O)c(C(=O)CF)c1F. The summed E-state index contributed by atoms with van der Waals surface area (Å²) in [5, 5.41) is 18.8. The van der Waals surface area contributed by atoms with Gasteiger partial charge in [-0.05, 0) is 12.8 Å². The predicted octanol–water partition coefficient (Wildman–Crippen LogP) is 3.26. The van der Waals surface area contributed by atoms with Gasteiger partial charge in [0.1, 0.15) is 11.4 Å². The van der Waals surface area contributed by atoms with Gasteiger partial charge in [-0.25, -0.2) is 8.78 Å². The monoisotopic (exact) mass is 276 g/mol. The Morgan fingerprint density at radius 1 is 1.11 bits per heavy atom. The summed E-state index contributed by atoms with van der Waals surface area (Å²) in [5.41, 5.74) is -1.44. The van der Waals surface area contributed by atoms with E-state index in [2.05, 4.69) is 0 Å². The van der Waals surface area contributed by atoms with Gasteiger partial charge < -0.3 is 10.2 Å². The van der Waals surface area contributed by atoms with Crippen LogP contribution in [0, 0.1) is 11.6 Å². The second-order valence-corrected chi connectivity index (χ2v) is 4.19. The molecule has 19 heavy (non-hydrogen) atoms. The minimum absolute atomic E-state index is 0.00920. The molecule has 1 aromatic carbocycles. The third kappa shape index (κ3) is 3.00. The van der Waals surface area contributed by atoms with Gasteiger partial charge in [0.2, 0.25) is 11.6 Å². The number of carbonyl (C=O) groups is 1. The van der Waals surface area contributed by atoms with Gasteiger partial charge in [-0.2, -0.15) is 4.39 Å². The lowest BCUT2D eigenvalue weighted by Crippen LogP contribution is -2.09. The van der Waals surface area contributed by atoms with E-state index in [0.717, 1.165) is 12.8 Å². The number of halogens is 3. The third-order valence-corrected chi connectivity index (χ3v) is 2.85. The zero-order chi connectivity index (χ0) is 14.6. The minimum atomic E-state index is -1.55. The molecule has 0 aliphatic carbocycles. The smallest absolute Gasteiger partial charge is 0.207 e. The van der Waals surface area contributed by atoms with E-state index in [1.807, 2.05) is 6.92 Å². The fourth-order valence-corrected chi connectivity index (χ4v) is 1.81. The van der Waals surface area contributed by atoms with Crippen molar-refractivity contribution < 1.29 is 28.2 Å². The Labute approximate surface area is 108 Å². The summed E-state index contributed by atoms with van der Waals surface area (Å²) >= 11 is 0. The molecule has 0 amide bonds. The molecular weight excluding hydrogens is 261 g/mol. The highest BCUT2D eigenvalue weighted by atomic mass is 19.1. The molecule has 0 unspecified atom stereocenters. The molecule has 0 radical (unpaired) electrons. The van der Waals surface area contributed by atoms with Crippen molar-refractivity contribution in [1.29, 1.82) is 0 Å². The molecule has 3 nitrogen and oxygen atoms in total. The van der Waals surface area contributed by atoms with E-state index >= 15 is 0 Å². The van der Waals surface area contributed by atoms with E-state index < -0.39 is 46.7 Å². The number of unbranched alkanes of at least 4 members (excludes halogenated alkanes) is 2. The molecule has 0 aliphatic rings. The first-order chi connectivity index (χ1) is 8.95. The molecule has 0 bridgehead atoms. The fourth-order valence-electron chi connectivity index (χ4n) is 1.81. The zero-order valence-electron chi connectivity index (χ0n) is 10.5. The Kier molecular flexibility index (Phi) is 5.20. The molecule has 0 aromatic heterocycles. The molecule has 0 fully saturated rings. The van der Waals surface area contributed by atoms with Gasteiger partial charge in [0.05, 0.1) is 0 Å². The second kappa shape index (κ2) is 6.45. The van der Waals surface area contributed by atoms with Crippen LogP contribution in [-0.4, -0.2) is 22.7 Å². The van der Waals surface area contributed by atoms with Gasteiger partial charge in [0.25, 0.3) is 0 Å². The number of ketones is 1. The largest absolute Gasteiger partial charge is 0.504 e. The van der Waals surface area contributed by atoms with E-state index in [9.17, 15) is 28.2 Å². The molecule has 1 aromatic rings. The number of aromatic hydroxyl groups is 2. The first-order valence-corrected chi connectivity index (χ1v) is 5.96. The van der Waals surface area contributed by atoms with Crippen LogP contribution in [-0.2, 0) is 6.42 Å². The molecule has 2 N–H and O–H groups in total. The Balaban J connectivity index is 3.30. The number of hydrogen-bond donors (Lipinski definition) is 2. The molecule has 0 spiro atoms. The summed E-state index contributed by atoms with van der Waals surface area (Å²) < 4.78 is 39.8. The van der Waals surface area contributed by atoms with E-state index in [4.69, 9.17) is 0 Å². The van der Waals surface area contributed by atoms with Crippen molar-refractivity contribution in [2.45, 2.75) is 32.6 Å². The molecule has 1 rings (SSSR count). The van der Waals surface area contributed by atoms with Crippen LogP contribution in [0.5, 0.6) is 11.5 Å². The molecule has 6 heteroatoms. The van der Waals surface area contributed by atoms with E-state index in [1.54, 1.807) is 0 Å². The van der Waals surface area contributed by atoms with Crippen LogP contribution in [0.1, 0.15) is 42.1 Å². The lowest BCUT2D eigenvalue weighted by atomic mass is 9.99. The zero-order valence-corrected chi connectivity index (χ0v) is 10.5. The van der Waals surface area contributed by atoms with Gasteiger partial charge in [-0.1, -0.05) is 19.8 Å². The van der Waals surface area contributed by atoms with Gasteiger partial charge in [-0.3, -0.25) is 4.79 Å². The molecule has 0 aliphatic heterocycles. The molecule has 0 saturated carbocycles. The standard InChI is InChI=1S/C13H15F3O3/c1-2-3-4-5-7-10(15)9(8(17)6-14)13(19)11(16)12(7)18/h18-19H,2-6H2,1H3. The maximum absolute atomic E-state index is 14.0. The second-order valence-electron chi connectivity index (χ2n) is 4.19. The predicted molar refractivity (Wildman–Crippen MR) is 63.2 cm³/mol. The molecular formula is C13H15F3O3. The van der Waals surface area contributed by atoms with E-state index in [0.29, 0.717) is 6.42 Å². The Hall–Kier alpha value is -1.72. The lowest BCUT2D eigenvalue weighted by molar-refractivity contribution is 0.0950. The summed E-state index contributed by atoms with van der Waals surface area (Å²) in [6.07, 6.45) is 2.05.